The molecular weight excluding hydrogens is 220 g/mol. The van der Waals surface area contributed by atoms with Crippen molar-refractivity contribution in [2.45, 2.75) is 47.0 Å². The molecule has 0 saturated heterocycles. The van der Waals surface area contributed by atoms with Crippen LogP contribution in [0.25, 0.3) is 0 Å². The average Bonchev–Trinajstić information content (AvgIpc) is 2.16. The first-order valence-electron chi connectivity index (χ1n) is 5.86. The third-order valence-electron chi connectivity index (χ3n) is 2.68. The van der Waals surface area contributed by atoms with Gasteiger partial charge in [0, 0.05) is 6.54 Å². The molecule has 0 saturated carbocycles. The highest BCUT2D eigenvalue weighted by atomic mass is 32.1. The SMILES string of the molecule is CC(C)CCCCNC(=O)C(C)(C)C(N)=S. The number of thiocarbonyl (C=S) groups is 1. The fourth-order valence-corrected chi connectivity index (χ4v) is 1.31. The molecule has 0 aromatic rings. The van der Waals surface area contributed by atoms with Gasteiger partial charge in [-0.25, -0.2) is 0 Å². The Morgan fingerprint density at radius 1 is 1.38 bits per heavy atom. The van der Waals surface area contributed by atoms with Gasteiger partial charge in [0.15, 0.2) is 0 Å². The second kappa shape index (κ2) is 6.84. The molecule has 0 fully saturated rings. The van der Waals surface area contributed by atoms with E-state index in [2.05, 4.69) is 19.2 Å². The summed E-state index contributed by atoms with van der Waals surface area (Å²) in [5.74, 6) is 0.647. The van der Waals surface area contributed by atoms with Crippen LogP contribution >= 0.6 is 12.2 Å². The van der Waals surface area contributed by atoms with Gasteiger partial charge in [-0.1, -0.05) is 38.9 Å². The summed E-state index contributed by atoms with van der Waals surface area (Å²) >= 11 is 4.86. The number of rotatable bonds is 7. The van der Waals surface area contributed by atoms with Crippen molar-refractivity contribution in [1.82, 2.24) is 5.32 Å². The number of amides is 1. The second-order valence-electron chi connectivity index (χ2n) is 5.13. The van der Waals surface area contributed by atoms with Gasteiger partial charge < -0.3 is 11.1 Å². The first-order chi connectivity index (χ1) is 7.28. The number of carbonyl (C=O) groups is 1. The predicted octanol–water partition coefficient (Wildman–Crippen LogP) is 2.24. The number of carbonyl (C=O) groups excluding carboxylic acids is 1. The minimum atomic E-state index is -0.743. The van der Waals surface area contributed by atoms with E-state index in [1.165, 1.54) is 6.42 Å². The summed E-state index contributed by atoms with van der Waals surface area (Å²) in [6.07, 6.45) is 3.36. The van der Waals surface area contributed by atoms with Gasteiger partial charge >= 0.3 is 0 Å². The van der Waals surface area contributed by atoms with Crippen LogP contribution in [0.4, 0.5) is 0 Å². The van der Waals surface area contributed by atoms with E-state index in [0.29, 0.717) is 6.54 Å². The summed E-state index contributed by atoms with van der Waals surface area (Å²) in [6, 6.07) is 0. The second-order valence-corrected chi connectivity index (χ2v) is 5.57. The highest BCUT2D eigenvalue weighted by Crippen LogP contribution is 2.15. The lowest BCUT2D eigenvalue weighted by molar-refractivity contribution is -0.126. The van der Waals surface area contributed by atoms with Crippen LogP contribution < -0.4 is 11.1 Å². The fraction of sp³-hybridized carbons (Fsp3) is 0.833. The first kappa shape index (κ1) is 15.4. The van der Waals surface area contributed by atoms with E-state index >= 15 is 0 Å². The maximum absolute atomic E-state index is 11.7. The smallest absolute Gasteiger partial charge is 0.232 e. The summed E-state index contributed by atoms with van der Waals surface area (Å²) in [5, 5.41) is 2.87. The van der Waals surface area contributed by atoms with Crippen molar-refractivity contribution in [2.75, 3.05) is 6.54 Å². The Labute approximate surface area is 104 Å². The minimum absolute atomic E-state index is 0.0791. The molecule has 0 aliphatic carbocycles. The maximum atomic E-state index is 11.7. The Hall–Kier alpha value is -0.640. The van der Waals surface area contributed by atoms with Crippen molar-refractivity contribution in [3.05, 3.63) is 0 Å². The topological polar surface area (TPSA) is 55.1 Å². The normalized spacial score (nSPS) is 11.6. The van der Waals surface area contributed by atoms with Crippen molar-refractivity contribution in [3.63, 3.8) is 0 Å². The zero-order valence-electron chi connectivity index (χ0n) is 10.8. The highest BCUT2D eigenvalue weighted by Gasteiger charge is 2.30. The Balaban J connectivity index is 3.78. The summed E-state index contributed by atoms with van der Waals surface area (Å²) in [5.41, 5.74) is 4.77. The highest BCUT2D eigenvalue weighted by molar-refractivity contribution is 7.80. The van der Waals surface area contributed by atoms with Gasteiger partial charge in [-0.2, -0.15) is 0 Å². The molecule has 0 atom stereocenters. The largest absolute Gasteiger partial charge is 0.392 e. The fourth-order valence-electron chi connectivity index (χ4n) is 1.21. The third kappa shape index (κ3) is 5.45. The van der Waals surface area contributed by atoms with Crippen LogP contribution in [-0.4, -0.2) is 17.4 Å². The minimum Gasteiger partial charge on any atom is -0.392 e. The molecule has 0 aromatic heterocycles. The monoisotopic (exact) mass is 244 g/mol. The number of hydrogen-bond acceptors (Lipinski definition) is 2. The van der Waals surface area contributed by atoms with Crippen molar-refractivity contribution < 1.29 is 4.79 Å². The Bertz CT molecular complexity index is 249. The molecule has 1 amide bonds. The van der Waals surface area contributed by atoms with Crippen LogP contribution in [0.15, 0.2) is 0 Å². The molecule has 0 aromatic carbocycles. The Morgan fingerprint density at radius 3 is 2.38 bits per heavy atom. The Kier molecular flexibility index (Phi) is 6.56. The average molecular weight is 244 g/mol. The van der Waals surface area contributed by atoms with E-state index in [4.69, 9.17) is 18.0 Å². The third-order valence-corrected chi connectivity index (χ3v) is 3.19. The zero-order valence-corrected chi connectivity index (χ0v) is 11.6. The molecule has 3 N–H and O–H groups in total. The number of hydrogen-bond donors (Lipinski definition) is 2. The van der Waals surface area contributed by atoms with Gasteiger partial charge in [0.05, 0.1) is 10.4 Å². The van der Waals surface area contributed by atoms with E-state index in [1.54, 1.807) is 13.8 Å². The Morgan fingerprint density at radius 2 is 1.94 bits per heavy atom. The van der Waals surface area contributed by atoms with E-state index in [-0.39, 0.29) is 10.9 Å². The molecule has 0 heterocycles. The molecule has 0 spiro atoms. The lowest BCUT2D eigenvalue weighted by Crippen LogP contribution is -2.45. The number of nitrogens with one attached hydrogen (secondary N) is 1. The van der Waals surface area contributed by atoms with E-state index in [0.717, 1.165) is 18.8 Å². The summed E-state index contributed by atoms with van der Waals surface area (Å²) in [7, 11) is 0. The molecule has 16 heavy (non-hydrogen) atoms. The molecule has 94 valence electrons. The van der Waals surface area contributed by atoms with Crippen LogP contribution in [0.1, 0.15) is 47.0 Å². The number of nitrogens with two attached hydrogens (primary N) is 1. The van der Waals surface area contributed by atoms with Crippen LogP contribution in [0.3, 0.4) is 0 Å². The summed E-state index contributed by atoms with van der Waals surface area (Å²) in [4.78, 5) is 12.0. The van der Waals surface area contributed by atoms with E-state index < -0.39 is 5.41 Å². The number of unbranched alkanes of at least 4 members (excludes halogenated alkanes) is 1. The molecule has 0 aliphatic heterocycles. The van der Waals surface area contributed by atoms with Gasteiger partial charge in [0.2, 0.25) is 5.91 Å². The van der Waals surface area contributed by atoms with Crippen molar-refractivity contribution in [3.8, 4) is 0 Å². The summed E-state index contributed by atoms with van der Waals surface area (Å²) < 4.78 is 0. The quantitative estimate of drug-likeness (QED) is 0.533. The predicted molar refractivity (Wildman–Crippen MR) is 72.3 cm³/mol. The summed E-state index contributed by atoms with van der Waals surface area (Å²) in [6.45, 7) is 8.61. The molecule has 4 heteroatoms. The van der Waals surface area contributed by atoms with Gasteiger partial charge in [-0.3, -0.25) is 4.79 Å². The molecule has 0 rings (SSSR count). The molecule has 3 nitrogen and oxygen atoms in total. The lowest BCUT2D eigenvalue weighted by Gasteiger charge is -2.21. The van der Waals surface area contributed by atoms with Gasteiger partial charge in [-0.15, -0.1) is 0 Å². The molecule has 0 aliphatic rings. The van der Waals surface area contributed by atoms with Crippen molar-refractivity contribution >= 4 is 23.1 Å². The van der Waals surface area contributed by atoms with E-state index in [1.807, 2.05) is 0 Å². The van der Waals surface area contributed by atoms with Crippen LogP contribution in [-0.2, 0) is 4.79 Å². The zero-order chi connectivity index (χ0) is 12.8. The first-order valence-corrected chi connectivity index (χ1v) is 6.27. The van der Waals surface area contributed by atoms with E-state index in [9.17, 15) is 4.79 Å². The van der Waals surface area contributed by atoms with Crippen molar-refractivity contribution in [2.24, 2.45) is 17.1 Å². The van der Waals surface area contributed by atoms with Crippen molar-refractivity contribution in [1.29, 1.82) is 0 Å². The maximum Gasteiger partial charge on any atom is 0.232 e. The van der Waals surface area contributed by atoms with Crippen LogP contribution in [0.2, 0.25) is 0 Å². The molecule has 0 unspecified atom stereocenters. The van der Waals surface area contributed by atoms with Gasteiger partial charge in [0.1, 0.15) is 0 Å². The van der Waals surface area contributed by atoms with Gasteiger partial charge in [-0.05, 0) is 26.2 Å². The molecule has 0 radical (unpaired) electrons. The van der Waals surface area contributed by atoms with Gasteiger partial charge in [0.25, 0.3) is 0 Å². The molecule has 0 bridgehead atoms. The standard InChI is InChI=1S/C12H24N2OS/c1-9(2)7-5-6-8-14-11(15)12(3,4)10(13)16/h9H,5-8H2,1-4H3,(H2,13,16)(H,14,15). The lowest BCUT2D eigenvalue weighted by atomic mass is 9.92. The van der Waals surface area contributed by atoms with Crippen LogP contribution in [0.5, 0.6) is 0 Å². The van der Waals surface area contributed by atoms with Crippen LogP contribution in [0, 0.1) is 11.3 Å². The molecular formula is C12H24N2OS.